The fraction of sp³-hybridized carbons (Fsp3) is 1.00. The van der Waals surface area contributed by atoms with Crippen molar-refractivity contribution in [2.75, 3.05) is 2.43 Å². The van der Waals surface area contributed by atoms with Crippen LogP contribution in [-0.4, -0.2) is 4.49 Å². The van der Waals surface area contributed by atoms with Crippen molar-refractivity contribution in [1.29, 1.82) is 0 Å². The van der Waals surface area contributed by atoms with E-state index in [4.69, 9.17) is 5.84 Å². The van der Waals surface area contributed by atoms with E-state index < -0.39 is 0 Å². The van der Waals surface area contributed by atoms with Crippen LogP contribution in [0, 0.1) is 0 Å². The third-order valence-electron chi connectivity index (χ3n) is 0.514. The summed E-state index contributed by atoms with van der Waals surface area (Å²) in [5.74, 6) is 5.14. The Morgan fingerprint density at radius 2 is 2.33 bits per heavy atom. The molecule has 0 radical (unpaired) electrons. The van der Waals surface area contributed by atoms with E-state index in [9.17, 15) is 0 Å². The van der Waals surface area contributed by atoms with Gasteiger partial charge in [0.15, 0.2) is 0 Å². The van der Waals surface area contributed by atoms with E-state index in [0.717, 1.165) is 2.06 Å². The van der Waals surface area contributed by atoms with Gasteiger partial charge in [-0.15, -0.1) is 0 Å². The van der Waals surface area contributed by atoms with Crippen LogP contribution in [0.1, 0.15) is 0 Å². The Balaban J connectivity index is 2.01. The minimum atomic E-state index is 0.538. The molecule has 1 aliphatic rings. The quantitative estimate of drug-likeness (QED) is 0.166. The first-order valence-electron chi connectivity index (χ1n) is 1.55. The first-order valence-corrected chi connectivity index (χ1v) is 7.09. The zero-order valence-corrected chi connectivity index (χ0v) is 7.43. The van der Waals surface area contributed by atoms with Crippen molar-refractivity contribution in [2.24, 2.45) is 5.84 Å². The Kier molecular flexibility index (Phi) is 2.42. The maximum atomic E-state index is 5.14. The van der Waals surface area contributed by atoms with Gasteiger partial charge in [-0.05, 0) is 0 Å². The molecule has 4 heteroatoms. The van der Waals surface area contributed by atoms with Gasteiger partial charge in [0, 0.05) is 0 Å². The zero-order chi connectivity index (χ0) is 4.41. The second-order valence-corrected chi connectivity index (χ2v) is 12.0. The van der Waals surface area contributed by atoms with Gasteiger partial charge in [-0.3, -0.25) is 0 Å². The summed E-state index contributed by atoms with van der Waals surface area (Å²) >= 11 is 1.08. The molecular weight excluding hydrogens is 306 g/mol. The Labute approximate surface area is 57.7 Å². The van der Waals surface area contributed by atoms with Crippen LogP contribution in [-0.2, 0) is 0 Å². The van der Waals surface area contributed by atoms with Crippen LogP contribution in [0.25, 0.3) is 0 Å². The molecule has 3 N–H and O–H groups in total. The van der Waals surface area contributed by atoms with Gasteiger partial charge in [0.25, 0.3) is 0 Å². The standard InChI is InChI=1S/C2H6I2N2/c5-6-2-3-1-4-2/h2,6H,1,5H2/q-2. The number of halogens is 2. The van der Waals surface area contributed by atoms with E-state index >= 15 is 0 Å². The molecule has 1 saturated heterocycles. The third kappa shape index (κ3) is 1.17. The van der Waals surface area contributed by atoms with Crippen LogP contribution in [0.5, 0.6) is 0 Å². The average molecular weight is 312 g/mol. The monoisotopic (exact) mass is 312 g/mol. The molecule has 0 aromatic rings. The van der Waals surface area contributed by atoms with Crippen LogP contribution in [0.15, 0.2) is 0 Å². The summed E-state index contributed by atoms with van der Waals surface area (Å²) in [6.45, 7) is 0. The molecule has 0 unspecified atom stereocenters. The average Bonchev–Trinajstić information content (AvgIpc) is 1.31. The van der Waals surface area contributed by atoms with Crippen molar-refractivity contribution in [2.45, 2.75) is 2.06 Å². The van der Waals surface area contributed by atoms with Gasteiger partial charge in [-0.25, -0.2) is 0 Å². The summed E-state index contributed by atoms with van der Waals surface area (Å²) in [7, 11) is 0. The fourth-order valence-corrected chi connectivity index (χ4v) is 5.85. The van der Waals surface area contributed by atoms with Crippen LogP contribution in [0.3, 0.4) is 0 Å². The number of nitrogens with two attached hydrogens (primary N) is 1. The minimum absolute atomic E-state index is 0.538. The van der Waals surface area contributed by atoms with Crippen LogP contribution < -0.4 is 53.7 Å². The molecule has 0 atom stereocenters. The van der Waals surface area contributed by atoms with Crippen molar-refractivity contribution in [1.82, 2.24) is 5.43 Å². The van der Waals surface area contributed by atoms with E-state index in [1.807, 2.05) is 0 Å². The molecule has 40 valence electrons. The summed E-state index contributed by atoms with van der Waals surface area (Å²) in [5.41, 5.74) is 2.80. The first-order chi connectivity index (χ1) is 2.93. The number of nitrogens with one attached hydrogen (secondary N) is 1. The van der Waals surface area contributed by atoms with Gasteiger partial charge >= 0.3 is 58.2 Å². The first kappa shape index (κ1) is 5.52. The van der Waals surface area contributed by atoms with Crippen molar-refractivity contribution < 1.29 is 42.4 Å². The molecule has 0 saturated carbocycles. The molecule has 0 aromatic carbocycles. The molecule has 0 amide bonds. The topological polar surface area (TPSA) is 38.0 Å². The summed E-state index contributed by atoms with van der Waals surface area (Å²) in [4.78, 5) is 0. The number of hydrazine groups is 1. The SMILES string of the molecule is NNC1[I-]C[I-]1. The van der Waals surface area contributed by atoms with Crippen molar-refractivity contribution in [3.63, 3.8) is 0 Å². The van der Waals surface area contributed by atoms with Gasteiger partial charge in [-0.2, -0.15) is 0 Å². The number of hydrogen-bond donors (Lipinski definition) is 2. The molecule has 1 aliphatic heterocycles. The Morgan fingerprint density at radius 3 is 2.33 bits per heavy atom. The number of rotatable bonds is 1. The van der Waals surface area contributed by atoms with Crippen LogP contribution in [0.2, 0.25) is 0 Å². The third-order valence-corrected chi connectivity index (χ3v) is 12.4. The predicted octanol–water partition coefficient (Wildman–Crippen LogP) is -7.12. The molecule has 0 bridgehead atoms. The molecular formula is C2H6I2N2-2. The van der Waals surface area contributed by atoms with E-state index in [1.54, 1.807) is 2.43 Å². The molecule has 0 aromatic heterocycles. The second kappa shape index (κ2) is 2.63. The van der Waals surface area contributed by atoms with Crippen molar-refractivity contribution >= 4 is 0 Å². The fourth-order valence-electron chi connectivity index (χ4n) is 0.206. The molecule has 1 rings (SSSR count). The zero-order valence-electron chi connectivity index (χ0n) is 3.12. The maximum absolute atomic E-state index is 5.14. The van der Waals surface area contributed by atoms with E-state index in [2.05, 4.69) is 5.43 Å². The van der Waals surface area contributed by atoms with Gasteiger partial charge < -0.3 is 0 Å². The second-order valence-electron chi connectivity index (χ2n) is 0.877. The van der Waals surface area contributed by atoms with Crippen molar-refractivity contribution in [3.8, 4) is 0 Å². The van der Waals surface area contributed by atoms with E-state index in [1.165, 1.54) is 0 Å². The Hall–Kier alpha value is 1.38. The van der Waals surface area contributed by atoms with E-state index in [0.29, 0.717) is 42.4 Å². The molecule has 0 spiro atoms. The molecule has 0 aliphatic carbocycles. The van der Waals surface area contributed by atoms with E-state index in [-0.39, 0.29) is 0 Å². The Bertz CT molecular complexity index is 42.1. The van der Waals surface area contributed by atoms with Crippen LogP contribution >= 0.6 is 0 Å². The van der Waals surface area contributed by atoms with Gasteiger partial charge in [0.1, 0.15) is 0 Å². The Morgan fingerprint density at radius 1 is 1.67 bits per heavy atom. The van der Waals surface area contributed by atoms with Crippen molar-refractivity contribution in [3.05, 3.63) is 0 Å². The van der Waals surface area contributed by atoms with Crippen LogP contribution in [0.4, 0.5) is 0 Å². The molecule has 6 heavy (non-hydrogen) atoms. The molecule has 2 nitrogen and oxygen atoms in total. The van der Waals surface area contributed by atoms with Gasteiger partial charge in [0.05, 0.1) is 0 Å². The van der Waals surface area contributed by atoms with Gasteiger partial charge in [0.2, 0.25) is 0 Å². The molecule has 1 fully saturated rings. The number of alkyl halides is 4. The summed E-state index contributed by atoms with van der Waals surface area (Å²) in [5, 5.41) is 0. The summed E-state index contributed by atoms with van der Waals surface area (Å²) in [6, 6.07) is 0. The van der Waals surface area contributed by atoms with Gasteiger partial charge in [-0.1, -0.05) is 0 Å². The predicted molar refractivity (Wildman–Crippen MR) is 16.0 cm³/mol. The summed E-state index contributed by atoms with van der Waals surface area (Å²) < 4.78 is 2.44. The number of hydrogen-bond acceptors (Lipinski definition) is 2. The summed E-state index contributed by atoms with van der Waals surface area (Å²) in [6.07, 6.45) is 0. The normalized spacial score (nSPS) is 26.2. The molecule has 1 heterocycles.